The lowest BCUT2D eigenvalue weighted by atomic mass is 9.97. The van der Waals surface area contributed by atoms with Crippen molar-refractivity contribution in [2.24, 2.45) is 0 Å². The molecule has 0 radical (unpaired) electrons. The molecule has 38 heavy (non-hydrogen) atoms. The Balaban J connectivity index is 1.01. The normalized spacial score (nSPS) is 16.8. The Morgan fingerprint density at radius 2 is 1.74 bits per heavy atom. The number of H-pyrrole nitrogens is 1. The summed E-state index contributed by atoms with van der Waals surface area (Å²) in [5.41, 5.74) is 3.66. The van der Waals surface area contributed by atoms with Gasteiger partial charge >= 0.3 is 0 Å². The SMILES string of the molecule is Cc1cccc(N2CCN(C(=O)c3csc(C4CCN(C(=O)Cc5c[nH]c6ccccc56)CC4)n3)CC2)n1. The van der Waals surface area contributed by atoms with Crippen molar-refractivity contribution >= 4 is 39.9 Å². The van der Waals surface area contributed by atoms with E-state index in [1.165, 1.54) is 0 Å². The molecular formula is C29H32N6O2S. The van der Waals surface area contributed by atoms with Gasteiger partial charge in [-0.05, 0) is 43.5 Å². The fourth-order valence-corrected chi connectivity index (χ4v) is 6.47. The highest BCUT2D eigenvalue weighted by atomic mass is 32.1. The lowest BCUT2D eigenvalue weighted by Crippen LogP contribution is -2.49. The Hall–Kier alpha value is -3.72. The zero-order chi connectivity index (χ0) is 26.1. The third kappa shape index (κ3) is 5.03. The minimum atomic E-state index is 0.00990. The number of piperidine rings is 1. The van der Waals surface area contributed by atoms with Crippen molar-refractivity contribution in [1.29, 1.82) is 0 Å². The zero-order valence-electron chi connectivity index (χ0n) is 21.6. The molecule has 4 aromatic rings. The van der Waals surface area contributed by atoms with Gasteiger partial charge in [-0.15, -0.1) is 11.3 Å². The number of nitrogens with zero attached hydrogens (tertiary/aromatic N) is 5. The third-order valence-electron chi connectivity index (χ3n) is 7.72. The maximum Gasteiger partial charge on any atom is 0.273 e. The Morgan fingerprint density at radius 1 is 0.947 bits per heavy atom. The Bertz CT molecular complexity index is 1450. The van der Waals surface area contributed by atoms with Crippen LogP contribution >= 0.6 is 11.3 Å². The molecule has 0 saturated carbocycles. The standard InChI is InChI=1S/C29H32N6O2S/c1-20-5-4-8-26(31-20)33-13-15-35(16-14-33)29(37)25-19-38-28(32-25)21-9-11-34(12-10-21)27(36)17-22-18-30-24-7-3-2-6-23(22)24/h2-8,18-19,21,30H,9-17H2,1H3. The first-order valence-corrected chi connectivity index (χ1v) is 14.2. The Labute approximate surface area is 226 Å². The molecule has 2 saturated heterocycles. The van der Waals surface area contributed by atoms with Crippen LogP contribution in [-0.2, 0) is 11.2 Å². The van der Waals surface area contributed by atoms with Gasteiger partial charge in [0.25, 0.3) is 5.91 Å². The van der Waals surface area contributed by atoms with E-state index >= 15 is 0 Å². The molecule has 2 amide bonds. The van der Waals surface area contributed by atoms with Crippen LogP contribution in [0, 0.1) is 6.92 Å². The van der Waals surface area contributed by atoms with Crippen molar-refractivity contribution in [3.63, 3.8) is 0 Å². The first kappa shape index (κ1) is 24.6. The maximum absolute atomic E-state index is 13.2. The number of amides is 2. The van der Waals surface area contributed by atoms with Gasteiger partial charge < -0.3 is 19.7 Å². The molecule has 5 heterocycles. The predicted molar refractivity (Wildman–Crippen MR) is 150 cm³/mol. The summed E-state index contributed by atoms with van der Waals surface area (Å²) in [5, 5.41) is 4.03. The number of benzene rings is 1. The van der Waals surface area contributed by atoms with Gasteiger partial charge in [-0.3, -0.25) is 9.59 Å². The molecular weight excluding hydrogens is 496 g/mol. The van der Waals surface area contributed by atoms with Gasteiger partial charge in [-0.1, -0.05) is 24.3 Å². The minimum Gasteiger partial charge on any atom is -0.361 e. The molecule has 1 aromatic carbocycles. The van der Waals surface area contributed by atoms with Crippen LogP contribution in [0.5, 0.6) is 0 Å². The van der Waals surface area contributed by atoms with Crippen molar-refractivity contribution in [2.45, 2.75) is 32.1 Å². The zero-order valence-corrected chi connectivity index (χ0v) is 22.4. The molecule has 2 fully saturated rings. The topological polar surface area (TPSA) is 85.4 Å². The third-order valence-corrected chi connectivity index (χ3v) is 8.73. The summed E-state index contributed by atoms with van der Waals surface area (Å²) < 4.78 is 0. The van der Waals surface area contributed by atoms with Gasteiger partial charge in [0.15, 0.2) is 0 Å². The quantitative estimate of drug-likeness (QED) is 0.419. The number of nitrogens with one attached hydrogen (secondary N) is 1. The average molecular weight is 529 g/mol. The lowest BCUT2D eigenvalue weighted by molar-refractivity contribution is -0.131. The Kier molecular flexibility index (Phi) is 6.84. The van der Waals surface area contributed by atoms with Crippen molar-refractivity contribution in [3.05, 3.63) is 76.0 Å². The summed E-state index contributed by atoms with van der Waals surface area (Å²) in [6.45, 7) is 6.31. The molecule has 0 spiro atoms. The minimum absolute atomic E-state index is 0.00990. The number of para-hydroxylation sites is 1. The predicted octanol–water partition coefficient (Wildman–Crippen LogP) is 4.24. The first-order chi connectivity index (χ1) is 18.5. The number of thiazole rings is 1. The van der Waals surface area contributed by atoms with E-state index in [4.69, 9.17) is 4.98 Å². The summed E-state index contributed by atoms with van der Waals surface area (Å²) in [5.74, 6) is 1.45. The second kappa shape index (κ2) is 10.6. The molecule has 0 bridgehead atoms. The van der Waals surface area contributed by atoms with Crippen LogP contribution in [0.2, 0.25) is 0 Å². The number of rotatable bonds is 5. The number of anilines is 1. The number of carbonyl (C=O) groups is 2. The molecule has 2 aliphatic heterocycles. The molecule has 0 aliphatic carbocycles. The second-order valence-corrected chi connectivity index (χ2v) is 11.1. The monoisotopic (exact) mass is 528 g/mol. The van der Waals surface area contributed by atoms with E-state index in [1.807, 2.05) is 64.7 Å². The number of piperazine rings is 1. The van der Waals surface area contributed by atoms with E-state index in [1.54, 1.807) is 11.3 Å². The molecule has 1 N–H and O–H groups in total. The van der Waals surface area contributed by atoms with Gasteiger partial charge in [0.1, 0.15) is 11.5 Å². The molecule has 196 valence electrons. The highest BCUT2D eigenvalue weighted by Crippen LogP contribution is 2.31. The maximum atomic E-state index is 13.2. The number of fused-ring (bicyclic) bond motifs is 1. The van der Waals surface area contributed by atoms with Crippen molar-refractivity contribution in [1.82, 2.24) is 24.8 Å². The van der Waals surface area contributed by atoms with E-state index in [0.717, 1.165) is 72.0 Å². The number of hydrogen-bond donors (Lipinski definition) is 1. The van der Waals surface area contributed by atoms with Crippen LogP contribution in [-0.4, -0.2) is 75.8 Å². The molecule has 0 unspecified atom stereocenters. The van der Waals surface area contributed by atoms with Gasteiger partial charge in [0.05, 0.1) is 11.4 Å². The molecule has 0 atom stereocenters. The number of aryl methyl sites for hydroxylation is 1. The van der Waals surface area contributed by atoms with Crippen molar-refractivity contribution in [3.8, 4) is 0 Å². The van der Waals surface area contributed by atoms with Crippen molar-refractivity contribution < 1.29 is 9.59 Å². The van der Waals surface area contributed by atoms with Crippen LogP contribution in [0.4, 0.5) is 5.82 Å². The first-order valence-electron chi connectivity index (χ1n) is 13.3. The number of likely N-dealkylation sites (tertiary alicyclic amines) is 1. The van der Waals surface area contributed by atoms with Crippen LogP contribution in [0.25, 0.3) is 10.9 Å². The average Bonchev–Trinajstić information content (AvgIpc) is 3.61. The smallest absolute Gasteiger partial charge is 0.273 e. The summed E-state index contributed by atoms with van der Waals surface area (Å²) in [6.07, 6.45) is 4.12. The lowest BCUT2D eigenvalue weighted by Gasteiger charge is -2.35. The number of carbonyl (C=O) groups excluding carboxylic acids is 2. The van der Waals surface area contributed by atoms with Crippen molar-refractivity contribution in [2.75, 3.05) is 44.2 Å². The summed E-state index contributed by atoms with van der Waals surface area (Å²) in [7, 11) is 0. The van der Waals surface area contributed by atoms with E-state index in [0.29, 0.717) is 31.1 Å². The summed E-state index contributed by atoms with van der Waals surface area (Å²) in [4.78, 5) is 44.9. The second-order valence-electron chi connectivity index (χ2n) is 10.2. The summed E-state index contributed by atoms with van der Waals surface area (Å²) >= 11 is 1.58. The van der Waals surface area contributed by atoms with Crippen LogP contribution in [0.1, 0.15) is 45.5 Å². The largest absolute Gasteiger partial charge is 0.361 e. The number of hydrogen-bond acceptors (Lipinski definition) is 6. The highest BCUT2D eigenvalue weighted by molar-refractivity contribution is 7.09. The fraction of sp³-hybridized carbons (Fsp3) is 0.379. The van der Waals surface area contributed by atoms with Gasteiger partial charge in [0, 0.05) is 73.4 Å². The van der Waals surface area contributed by atoms with E-state index in [9.17, 15) is 9.59 Å². The summed E-state index contributed by atoms with van der Waals surface area (Å²) in [6, 6.07) is 14.1. The molecule has 2 aliphatic rings. The van der Waals surface area contributed by atoms with Gasteiger partial charge in [0.2, 0.25) is 5.91 Å². The van der Waals surface area contributed by atoms with Crippen LogP contribution < -0.4 is 4.90 Å². The number of pyridine rings is 1. The molecule has 3 aromatic heterocycles. The van der Waals surface area contributed by atoms with Gasteiger partial charge in [-0.2, -0.15) is 0 Å². The van der Waals surface area contributed by atoms with Gasteiger partial charge in [-0.25, -0.2) is 9.97 Å². The molecule has 6 rings (SSSR count). The van der Waals surface area contributed by atoms with Crippen LogP contribution in [0.15, 0.2) is 54.0 Å². The van der Waals surface area contributed by atoms with Crippen LogP contribution in [0.3, 0.4) is 0 Å². The number of aromatic nitrogens is 3. The highest BCUT2D eigenvalue weighted by Gasteiger charge is 2.29. The molecule has 8 nitrogen and oxygen atoms in total. The van der Waals surface area contributed by atoms with E-state index < -0.39 is 0 Å². The van der Waals surface area contributed by atoms with E-state index in [-0.39, 0.29) is 11.8 Å². The van der Waals surface area contributed by atoms with E-state index in [2.05, 4.69) is 20.9 Å². The fourth-order valence-electron chi connectivity index (χ4n) is 5.51. The number of aromatic amines is 1. The Morgan fingerprint density at radius 3 is 2.53 bits per heavy atom. The molecule has 9 heteroatoms.